The summed E-state index contributed by atoms with van der Waals surface area (Å²) >= 11 is 0. The van der Waals surface area contributed by atoms with E-state index in [0.29, 0.717) is 42.5 Å². The number of likely N-dealkylation sites (tertiary alicyclic amines) is 1. The lowest BCUT2D eigenvalue weighted by Gasteiger charge is -2.17. The van der Waals surface area contributed by atoms with Crippen LogP contribution in [0.25, 0.3) is 22.6 Å². The standard InChI is InChI=1S/C21H24N10O/c1-4-31-19(14-7-23-13(2)24-8-14)28-17-18(25-11-26-20(17)31)27-15-5-6-30(10-15)21(32)16-9-22-12-29(16)3/h7-9,11-12,15H,4-6,10H2,1-3H3,(H,25,26,27). The monoisotopic (exact) mass is 432 g/mol. The van der Waals surface area contributed by atoms with E-state index in [0.717, 1.165) is 23.5 Å². The Hall–Kier alpha value is -3.89. The molecule has 1 fully saturated rings. The van der Waals surface area contributed by atoms with Gasteiger partial charge in [-0.25, -0.2) is 29.9 Å². The maximum absolute atomic E-state index is 12.8. The molecule has 0 saturated carbocycles. The van der Waals surface area contributed by atoms with E-state index in [9.17, 15) is 4.79 Å². The molecule has 1 N–H and O–H groups in total. The first kappa shape index (κ1) is 20.0. The number of fused-ring (bicyclic) bond motifs is 1. The molecule has 1 atom stereocenters. The average Bonchev–Trinajstić information content (AvgIpc) is 3.52. The van der Waals surface area contributed by atoms with E-state index >= 15 is 0 Å². The van der Waals surface area contributed by atoms with Crippen LogP contribution >= 0.6 is 0 Å². The van der Waals surface area contributed by atoms with Crippen LogP contribution in [0.4, 0.5) is 5.82 Å². The molecule has 1 aliphatic heterocycles. The Morgan fingerprint density at radius 1 is 1.19 bits per heavy atom. The lowest BCUT2D eigenvalue weighted by molar-refractivity contribution is 0.0782. The minimum atomic E-state index is -0.0148. The minimum absolute atomic E-state index is 0.0148. The van der Waals surface area contributed by atoms with Gasteiger partial charge in [-0.1, -0.05) is 0 Å². The third-order valence-corrected chi connectivity index (χ3v) is 5.74. The van der Waals surface area contributed by atoms with Gasteiger partial charge in [-0.15, -0.1) is 0 Å². The van der Waals surface area contributed by atoms with Gasteiger partial charge in [-0.05, 0) is 20.3 Å². The van der Waals surface area contributed by atoms with E-state index in [1.54, 1.807) is 35.8 Å². The summed E-state index contributed by atoms with van der Waals surface area (Å²) in [6.07, 6.45) is 9.15. The molecule has 1 amide bonds. The van der Waals surface area contributed by atoms with Crippen LogP contribution in [0.3, 0.4) is 0 Å². The van der Waals surface area contributed by atoms with E-state index in [-0.39, 0.29) is 11.9 Å². The molecular formula is C21H24N10O. The Balaban J connectivity index is 1.41. The highest BCUT2D eigenvalue weighted by Crippen LogP contribution is 2.27. The number of carbonyl (C=O) groups excluding carboxylic acids is 1. The van der Waals surface area contributed by atoms with Crippen molar-refractivity contribution >= 4 is 22.9 Å². The largest absolute Gasteiger partial charge is 0.364 e. The molecule has 11 nitrogen and oxygen atoms in total. The van der Waals surface area contributed by atoms with Crippen LogP contribution in [0, 0.1) is 6.92 Å². The first-order chi connectivity index (χ1) is 15.5. The van der Waals surface area contributed by atoms with E-state index in [2.05, 4.69) is 30.2 Å². The van der Waals surface area contributed by atoms with Gasteiger partial charge >= 0.3 is 0 Å². The van der Waals surface area contributed by atoms with Crippen LogP contribution in [-0.4, -0.2) is 69.0 Å². The number of imidazole rings is 2. The smallest absolute Gasteiger partial charge is 0.272 e. The van der Waals surface area contributed by atoms with Gasteiger partial charge in [-0.3, -0.25) is 4.79 Å². The molecule has 0 bridgehead atoms. The van der Waals surface area contributed by atoms with E-state index in [1.807, 2.05) is 30.4 Å². The number of amides is 1. The molecule has 0 aromatic carbocycles. The quantitative estimate of drug-likeness (QED) is 0.506. The fourth-order valence-electron chi connectivity index (χ4n) is 4.05. The average molecular weight is 432 g/mol. The molecule has 4 aromatic rings. The van der Waals surface area contributed by atoms with Crippen molar-refractivity contribution < 1.29 is 4.79 Å². The Kier molecular flexibility index (Phi) is 5.00. The third-order valence-electron chi connectivity index (χ3n) is 5.74. The summed E-state index contributed by atoms with van der Waals surface area (Å²) in [5.74, 6) is 2.11. The molecule has 0 radical (unpaired) electrons. The van der Waals surface area contributed by atoms with Crippen molar-refractivity contribution in [2.75, 3.05) is 18.4 Å². The van der Waals surface area contributed by atoms with Crippen LogP contribution in [0.2, 0.25) is 0 Å². The predicted molar refractivity (Wildman–Crippen MR) is 118 cm³/mol. The van der Waals surface area contributed by atoms with E-state index < -0.39 is 0 Å². The SMILES string of the molecule is CCn1c(-c2cnc(C)nc2)nc2c(NC3CCN(C(=O)c4cncn4C)C3)ncnc21. The summed E-state index contributed by atoms with van der Waals surface area (Å²) in [5, 5.41) is 3.48. The Morgan fingerprint density at radius 3 is 2.72 bits per heavy atom. The van der Waals surface area contributed by atoms with Gasteiger partial charge in [0.2, 0.25) is 0 Å². The fraction of sp³-hybridized carbons (Fsp3) is 0.381. The van der Waals surface area contributed by atoms with Gasteiger partial charge in [0.25, 0.3) is 5.91 Å². The molecule has 5 heterocycles. The van der Waals surface area contributed by atoms with Gasteiger partial charge in [0.1, 0.15) is 23.7 Å². The molecule has 4 aromatic heterocycles. The molecule has 1 saturated heterocycles. The van der Waals surface area contributed by atoms with Crippen molar-refractivity contribution in [3.8, 4) is 11.4 Å². The first-order valence-corrected chi connectivity index (χ1v) is 10.6. The second-order valence-corrected chi connectivity index (χ2v) is 7.86. The molecule has 1 unspecified atom stereocenters. The van der Waals surface area contributed by atoms with Crippen molar-refractivity contribution in [1.82, 2.24) is 43.9 Å². The number of aromatic nitrogens is 8. The van der Waals surface area contributed by atoms with E-state index in [4.69, 9.17) is 4.98 Å². The van der Waals surface area contributed by atoms with Crippen LogP contribution in [-0.2, 0) is 13.6 Å². The normalized spacial score (nSPS) is 16.1. The summed E-state index contributed by atoms with van der Waals surface area (Å²) in [6, 6.07) is 0.0724. The number of aryl methyl sites for hydroxylation is 3. The first-order valence-electron chi connectivity index (χ1n) is 10.6. The second-order valence-electron chi connectivity index (χ2n) is 7.86. The highest BCUT2D eigenvalue weighted by atomic mass is 16.2. The molecular weight excluding hydrogens is 408 g/mol. The number of anilines is 1. The van der Waals surface area contributed by atoms with Crippen molar-refractivity contribution in [2.24, 2.45) is 7.05 Å². The third kappa shape index (κ3) is 3.45. The molecule has 164 valence electrons. The maximum atomic E-state index is 12.8. The van der Waals surface area contributed by atoms with Crippen molar-refractivity contribution in [2.45, 2.75) is 32.9 Å². The van der Waals surface area contributed by atoms with Gasteiger partial charge in [0.05, 0.1) is 18.1 Å². The zero-order valence-corrected chi connectivity index (χ0v) is 18.2. The van der Waals surface area contributed by atoms with E-state index in [1.165, 1.54) is 0 Å². The lowest BCUT2D eigenvalue weighted by Crippen LogP contribution is -2.32. The number of rotatable bonds is 5. The molecule has 1 aliphatic rings. The number of carbonyl (C=O) groups is 1. The summed E-state index contributed by atoms with van der Waals surface area (Å²) < 4.78 is 3.77. The summed E-state index contributed by atoms with van der Waals surface area (Å²) in [7, 11) is 1.82. The minimum Gasteiger partial charge on any atom is -0.364 e. The van der Waals surface area contributed by atoms with Gasteiger partial charge in [-0.2, -0.15) is 0 Å². The maximum Gasteiger partial charge on any atom is 0.272 e. The van der Waals surface area contributed by atoms with Crippen LogP contribution in [0.15, 0.2) is 31.2 Å². The Morgan fingerprint density at radius 2 is 2.00 bits per heavy atom. The van der Waals surface area contributed by atoms with Crippen LogP contribution in [0.1, 0.15) is 29.7 Å². The second kappa shape index (κ2) is 7.98. The number of nitrogens with zero attached hydrogens (tertiary/aromatic N) is 9. The van der Waals surface area contributed by atoms with Crippen molar-refractivity contribution in [3.63, 3.8) is 0 Å². The zero-order valence-electron chi connectivity index (χ0n) is 18.2. The lowest BCUT2D eigenvalue weighted by atomic mass is 10.2. The van der Waals surface area contributed by atoms with Gasteiger partial charge in [0.15, 0.2) is 17.0 Å². The molecule has 0 aliphatic carbocycles. The molecule has 11 heteroatoms. The Labute approximate surface area is 184 Å². The Bertz CT molecular complexity index is 1280. The predicted octanol–water partition coefficient (Wildman–Crippen LogP) is 1.67. The highest BCUT2D eigenvalue weighted by Gasteiger charge is 2.29. The molecule has 5 rings (SSSR count). The van der Waals surface area contributed by atoms with Gasteiger partial charge in [0, 0.05) is 45.1 Å². The number of hydrogen-bond donors (Lipinski definition) is 1. The van der Waals surface area contributed by atoms with Crippen LogP contribution in [0.5, 0.6) is 0 Å². The fourth-order valence-corrected chi connectivity index (χ4v) is 4.05. The highest BCUT2D eigenvalue weighted by molar-refractivity contribution is 5.92. The topological polar surface area (TPSA) is 120 Å². The van der Waals surface area contributed by atoms with Gasteiger partial charge < -0.3 is 19.4 Å². The summed E-state index contributed by atoms with van der Waals surface area (Å²) in [4.78, 5) is 41.0. The number of hydrogen-bond acceptors (Lipinski definition) is 8. The number of nitrogens with one attached hydrogen (secondary N) is 1. The summed E-state index contributed by atoms with van der Waals surface area (Å²) in [6.45, 7) is 5.86. The van der Waals surface area contributed by atoms with Crippen molar-refractivity contribution in [3.05, 3.63) is 42.8 Å². The zero-order chi connectivity index (χ0) is 22.2. The van der Waals surface area contributed by atoms with Crippen LogP contribution < -0.4 is 5.32 Å². The summed E-state index contributed by atoms with van der Waals surface area (Å²) in [5.41, 5.74) is 2.86. The molecule has 0 spiro atoms. The van der Waals surface area contributed by atoms with Crippen molar-refractivity contribution in [1.29, 1.82) is 0 Å². The molecule has 32 heavy (non-hydrogen) atoms.